The number of aliphatic hydroxyl groups excluding tert-OH is 1. The Morgan fingerprint density at radius 1 is 1.23 bits per heavy atom. The van der Waals surface area contributed by atoms with Gasteiger partial charge in [0.1, 0.15) is 23.7 Å². The standard InChI is InChI=1S/C21H28O5/c1-13(6-5-7-14(2)10-11-22)8-9-16-19(23)18-17(12-26-21(18)24)15(3)20(16)25-4/h7-8,22-23H,5-6,9-12H2,1-4H3/b13-8+,14-7+. The number of esters is 1. The van der Waals surface area contributed by atoms with E-state index in [-0.39, 0.29) is 24.5 Å². The summed E-state index contributed by atoms with van der Waals surface area (Å²) in [6, 6.07) is 0. The van der Waals surface area contributed by atoms with Gasteiger partial charge in [-0.3, -0.25) is 0 Å². The molecule has 2 rings (SSSR count). The lowest BCUT2D eigenvalue weighted by molar-refractivity contribution is 0.0533. The minimum Gasteiger partial charge on any atom is -0.507 e. The van der Waals surface area contributed by atoms with Gasteiger partial charge < -0.3 is 19.7 Å². The molecule has 0 saturated heterocycles. The van der Waals surface area contributed by atoms with E-state index in [0.29, 0.717) is 29.7 Å². The van der Waals surface area contributed by atoms with Crippen LogP contribution in [-0.2, 0) is 17.8 Å². The third-order valence-electron chi connectivity index (χ3n) is 4.84. The number of aromatic hydroxyl groups is 1. The number of aliphatic hydroxyl groups is 1. The third-order valence-corrected chi connectivity index (χ3v) is 4.84. The average Bonchev–Trinajstić information content (AvgIpc) is 2.99. The number of phenolic OH excluding ortho intramolecular Hbond substituents is 1. The highest BCUT2D eigenvalue weighted by Crippen LogP contribution is 2.42. The van der Waals surface area contributed by atoms with E-state index >= 15 is 0 Å². The lowest BCUT2D eigenvalue weighted by atomic mass is 9.94. The van der Waals surface area contributed by atoms with Gasteiger partial charge in [-0.15, -0.1) is 0 Å². The van der Waals surface area contributed by atoms with E-state index in [9.17, 15) is 9.90 Å². The van der Waals surface area contributed by atoms with Crippen LogP contribution in [0.15, 0.2) is 23.3 Å². The molecule has 0 bridgehead atoms. The Labute approximate surface area is 154 Å². The number of allylic oxidation sites excluding steroid dienone is 3. The number of carbonyl (C=O) groups is 1. The van der Waals surface area contributed by atoms with Crippen molar-refractivity contribution >= 4 is 5.97 Å². The molecule has 0 fully saturated rings. The van der Waals surface area contributed by atoms with Gasteiger partial charge in [-0.05, 0) is 52.0 Å². The fraction of sp³-hybridized carbons (Fsp3) is 0.476. The number of carbonyl (C=O) groups excluding carboxylic acids is 1. The highest BCUT2D eigenvalue weighted by Gasteiger charge is 2.31. The summed E-state index contributed by atoms with van der Waals surface area (Å²) in [5.41, 5.74) is 4.82. The second kappa shape index (κ2) is 8.90. The first-order chi connectivity index (χ1) is 12.4. The number of cyclic esters (lactones) is 1. The minimum atomic E-state index is -0.477. The molecular formula is C21H28O5. The largest absolute Gasteiger partial charge is 0.507 e. The zero-order valence-corrected chi connectivity index (χ0v) is 16.0. The van der Waals surface area contributed by atoms with Crippen molar-refractivity contribution in [3.05, 3.63) is 45.6 Å². The molecule has 1 aromatic rings. The van der Waals surface area contributed by atoms with E-state index in [1.165, 1.54) is 11.1 Å². The van der Waals surface area contributed by atoms with Crippen molar-refractivity contribution in [1.82, 2.24) is 0 Å². The van der Waals surface area contributed by atoms with Crippen LogP contribution in [0.3, 0.4) is 0 Å². The molecule has 0 aromatic heterocycles. The molecule has 26 heavy (non-hydrogen) atoms. The summed E-state index contributed by atoms with van der Waals surface area (Å²) in [4.78, 5) is 11.9. The molecule has 1 aromatic carbocycles. The van der Waals surface area contributed by atoms with Crippen molar-refractivity contribution in [2.75, 3.05) is 13.7 Å². The van der Waals surface area contributed by atoms with Crippen molar-refractivity contribution in [3.63, 3.8) is 0 Å². The molecule has 1 aliphatic rings. The zero-order chi connectivity index (χ0) is 19.3. The Bertz CT molecular complexity index is 744. The number of ether oxygens (including phenoxy) is 2. The molecule has 1 aliphatic heterocycles. The summed E-state index contributed by atoms with van der Waals surface area (Å²) in [7, 11) is 1.57. The molecule has 0 saturated carbocycles. The van der Waals surface area contributed by atoms with Crippen LogP contribution in [-0.4, -0.2) is 29.9 Å². The fourth-order valence-electron chi connectivity index (χ4n) is 3.23. The van der Waals surface area contributed by atoms with Gasteiger partial charge in [-0.2, -0.15) is 0 Å². The van der Waals surface area contributed by atoms with E-state index < -0.39 is 5.97 Å². The first-order valence-corrected chi connectivity index (χ1v) is 8.91. The molecule has 0 aliphatic carbocycles. The number of hydrogen-bond donors (Lipinski definition) is 2. The highest BCUT2D eigenvalue weighted by molar-refractivity contribution is 5.98. The summed E-state index contributed by atoms with van der Waals surface area (Å²) in [5.74, 6) is 0.102. The third kappa shape index (κ3) is 4.28. The summed E-state index contributed by atoms with van der Waals surface area (Å²) >= 11 is 0. The van der Waals surface area contributed by atoms with Crippen LogP contribution in [0.25, 0.3) is 0 Å². The van der Waals surface area contributed by atoms with E-state index in [2.05, 4.69) is 12.2 Å². The lowest BCUT2D eigenvalue weighted by Gasteiger charge is -2.15. The molecule has 0 radical (unpaired) electrons. The quantitative estimate of drug-likeness (QED) is 0.542. The normalized spacial score (nSPS) is 14.4. The van der Waals surface area contributed by atoms with Crippen molar-refractivity contribution in [3.8, 4) is 11.5 Å². The Morgan fingerprint density at radius 3 is 2.58 bits per heavy atom. The molecule has 1 heterocycles. The van der Waals surface area contributed by atoms with Crippen LogP contribution in [0.1, 0.15) is 60.2 Å². The first kappa shape index (κ1) is 20.0. The van der Waals surface area contributed by atoms with Crippen LogP contribution in [0.4, 0.5) is 0 Å². The van der Waals surface area contributed by atoms with Crippen molar-refractivity contribution in [2.24, 2.45) is 0 Å². The number of phenols is 1. The van der Waals surface area contributed by atoms with Gasteiger partial charge in [0.25, 0.3) is 0 Å². The number of fused-ring (bicyclic) bond motifs is 1. The SMILES string of the molecule is COc1c(C)c2c(c(O)c1C/C=C(\C)CC/C=C(\C)CCO)C(=O)OC2. The topological polar surface area (TPSA) is 76.0 Å². The predicted octanol–water partition coefficient (Wildman–Crippen LogP) is 3.98. The van der Waals surface area contributed by atoms with Gasteiger partial charge in [0.05, 0.1) is 7.11 Å². The smallest absolute Gasteiger partial charge is 0.342 e. The number of rotatable bonds is 8. The molecule has 142 valence electrons. The summed E-state index contributed by atoms with van der Waals surface area (Å²) in [6.07, 6.45) is 7.20. The van der Waals surface area contributed by atoms with Gasteiger partial charge in [-0.1, -0.05) is 23.3 Å². The van der Waals surface area contributed by atoms with E-state index in [1.54, 1.807) is 7.11 Å². The van der Waals surface area contributed by atoms with Gasteiger partial charge in [0.15, 0.2) is 0 Å². The van der Waals surface area contributed by atoms with Gasteiger partial charge in [-0.25, -0.2) is 4.79 Å². The van der Waals surface area contributed by atoms with Crippen molar-refractivity contribution < 1.29 is 24.5 Å². The number of methoxy groups -OCH3 is 1. The van der Waals surface area contributed by atoms with Gasteiger partial charge >= 0.3 is 5.97 Å². The molecule has 0 spiro atoms. The van der Waals surface area contributed by atoms with Crippen molar-refractivity contribution in [2.45, 2.75) is 53.1 Å². The minimum absolute atomic E-state index is 0.0345. The molecule has 0 atom stereocenters. The summed E-state index contributed by atoms with van der Waals surface area (Å²) in [6.45, 7) is 6.31. The molecule has 2 N–H and O–H groups in total. The monoisotopic (exact) mass is 360 g/mol. The molecule has 0 amide bonds. The lowest BCUT2D eigenvalue weighted by Crippen LogP contribution is -2.03. The van der Waals surface area contributed by atoms with E-state index in [0.717, 1.165) is 18.4 Å². The predicted molar refractivity (Wildman–Crippen MR) is 101 cm³/mol. The van der Waals surface area contributed by atoms with Crippen LogP contribution in [0.5, 0.6) is 11.5 Å². The molecule has 0 unspecified atom stereocenters. The average molecular weight is 360 g/mol. The van der Waals surface area contributed by atoms with Crippen molar-refractivity contribution in [1.29, 1.82) is 0 Å². The Kier molecular flexibility index (Phi) is 6.86. The second-order valence-corrected chi connectivity index (χ2v) is 6.73. The first-order valence-electron chi connectivity index (χ1n) is 8.91. The maximum absolute atomic E-state index is 11.9. The maximum atomic E-state index is 11.9. The number of benzene rings is 1. The van der Waals surface area contributed by atoms with E-state index in [1.807, 2.05) is 20.8 Å². The van der Waals surface area contributed by atoms with Gasteiger partial charge in [0, 0.05) is 17.7 Å². The maximum Gasteiger partial charge on any atom is 0.342 e. The van der Waals surface area contributed by atoms with Gasteiger partial charge in [0.2, 0.25) is 0 Å². The summed E-state index contributed by atoms with van der Waals surface area (Å²) < 4.78 is 10.6. The highest BCUT2D eigenvalue weighted by atomic mass is 16.5. The van der Waals surface area contributed by atoms with Crippen LogP contribution >= 0.6 is 0 Å². The Hall–Kier alpha value is -2.27. The van der Waals surface area contributed by atoms with Crippen LogP contribution in [0.2, 0.25) is 0 Å². The Balaban J connectivity index is 2.19. The molecule has 5 nitrogen and oxygen atoms in total. The fourth-order valence-corrected chi connectivity index (χ4v) is 3.23. The van der Waals surface area contributed by atoms with Crippen LogP contribution < -0.4 is 4.74 Å². The zero-order valence-electron chi connectivity index (χ0n) is 16.0. The summed E-state index contributed by atoms with van der Waals surface area (Å²) in [5, 5.41) is 19.5. The molecular weight excluding hydrogens is 332 g/mol. The van der Waals surface area contributed by atoms with Crippen LogP contribution in [0, 0.1) is 6.92 Å². The number of hydrogen-bond acceptors (Lipinski definition) is 5. The Morgan fingerprint density at radius 2 is 1.92 bits per heavy atom. The molecule has 5 heteroatoms. The van der Waals surface area contributed by atoms with E-state index in [4.69, 9.17) is 14.6 Å². The second-order valence-electron chi connectivity index (χ2n) is 6.73.